The number of hydrogen-bond donors (Lipinski definition) is 4. The molecule has 0 aliphatic rings. The molecule has 16 heteroatoms. The smallest absolute Gasteiger partial charge is 0.399 e. The molecule has 0 aliphatic heterocycles. The van der Waals surface area contributed by atoms with Crippen LogP contribution in [0.5, 0.6) is 0 Å². The molecule has 260 valence electrons. The number of rotatable bonds is 14. The van der Waals surface area contributed by atoms with Crippen LogP contribution in [0.4, 0.5) is 17.6 Å². The predicted molar refractivity (Wildman–Crippen MR) is 167 cm³/mol. The number of alkyl halides is 4. The van der Waals surface area contributed by atoms with Crippen LogP contribution in [0.2, 0.25) is 0 Å². The van der Waals surface area contributed by atoms with Crippen LogP contribution in [0.1, 0.15) is 33.4 Å². The van der Waals surface area contributed by atoms with Crippen molar-refractivity contribution in [2.45, 2.75) is 37.4 Å². The summed E-state index contributed by atoms with van der Waals surface area (Å²) in [6.07, 6.45) is -1.15. The number of carbonyl (C=O) groups is 2. The first kappa shape index (κ1) is 37.7. The molecule has 0 saturated carbocycles. The lowest BCUT2D eigenvalue weighted by Crippen LogP contribution is -2.45. The largest absolute Gasteiger partial charge is 0.460 e. The van der Waals surface area contributed by atoms with E-state index in [0.29, 0.717) is 11.1 Å². The Balaban J connectivity index is 1.79. The van der Waals surface area contributed by atoms with Gasteiger partial charge in [-0.05, 0) is 35.1 Å². The molecular weight excluding hydrogens is 694 g/mol. The van der Waals surface area contributed by atoms with Gasteiger partial charge in [0.2, 0.25) is 0 Å². The van der Waals surface area contributed by atoms with Crippen molar-refractivity contribution in [3.63, 3.8) is 0 Å². The predicted octanol–water partition coefficient (Wildman–Crippen LogP) is 6.40. The quantitative estimate of drug-likeness (QED) is 0.0495. The van der Waals surface area contributed by atoms with Gasteiger partial charge in [-0.25, -0.2) is 0 Å². The van der Waals surface area contributed by atoms with Gasteiger partial charge in [-0.1, -0.05) is 109 Å². The highest BCUT2D eigenvalue weighted by atomic mass is 31.2. The summed E-state index contributed by atoms with van der Waals surface area (Å²) >= 11 is 0. The molecule has 49 heavy (non-hydrogen) atoms. The Hall–Kier alpha value is -4.16. The average molecular weight is 725 g/mol. The molecule has 0 spiro atoms. The van der Waals surface area contributed by atoms with Crippen molar-refractivity contribution in [1.29, 1.82) is 0 Å². The Morgan fingerprint density at radius 3 is 1.10 bits per heavy atom. The van der Waals surface area contributed by atoms with Gasteiger partial charge in [0.1, 0.15) is 13.2 Å². The molecule has 4 aromatic rings. The normalized spacial score (nSPS) is 12.7. The number of halogens is 4. The van der Waals surface area contributed by atoms with Crippen LogP contribution in [0.15, 0.2) is 109 Å². The van der Waals surface area contributed by atoms with Crippen molar-refractivity contribution in [2.75, 3.05) is 0 Å². The van der Waals surface area contributed by atoms with Crippen LogP contribution < -0.4 is 0 Å². The molecule has 0 unspecified atom stereocenters. The van der Waals surface area contributed by atoms with E-state index in [9.17, 15) is 36.3 Å². The standard InChI is InChI=1S/C33H30F4O10P2/c34-32(35,48(40,41)42)27-15-11-23(12-16-27)19-31(29(38)46-21-25-7-3-1-4-8-25,30(39)47-22-26-9-5-2-6-10-26)20-24-13-17-28(18-14-24)33(36,37)49(43,44)45/h1-18H,19-22H2,(H2,40,41,42)(H2,43,44,45). The van der Waals surface area contributed by atoms with E-state index in [1.54, 1.807) is 60.7 Å². The Kier molecular flexibility index (Phi) is 11.3. The van der Waals surface area contributed by atoms with Gasteiger partial charge in [-0.2, -0.15) is 17.6 Å². The monoisotopic (exact) mass is 724 g/mol. The van der Waals surface area contributed by atoms with Gasteiger partial charge >= 0.3 is 38.5 Å². The Morgan fingerprint density at radius 1 is 0.510 bits per heavy atom. The number of carbonyl (C=O) groups excluding carboxylic acids is 2. The molecule has 0 amide bonds. The van der Waals surface area contributed by atoms with Gasteiger partial charge in [0.25, 0.3) is 0 Å². The van der Waals surface area contributed by atoms with E-state index >= 15 is 0 Å². The molecule has 0 bridgehead atoms. The first-order valence-electron chi connectivity index (χ1n) is 14.3. The zero-order valence-electron chi connectivity index (χ0n) is 25.4. The fourth-order valence-electron chi connectivity index (χ4n) is 4.84. The molecule has 0 saturated heterocycles. The van der Waals surface area contributed by atoms with Gasteiger partial charge in [0, 0.05) is 11.1 Å². The molecule has 4 aromatic carbocycles. The van der Waals surface area contributed by atoms with Crippen LogP contribution in [0, 0.1) is 5.41 Å². The number of esters is 2. The summed E-state index contributed by atoms with van der Waals surface area (Å²) in [6.45, 7) is -0.622. The maximum atomic E-state index is 14.4. The molecule has 0 aromatic heterocycles. The van der Waals surface area contributed by atoms with Crippen LogP contribution in [-0.2, 0) is 65.6 Å². The Labute approximate surface area is 277 Å². The minimum Gasteiger partial charge on any atom is -0.460 e. The second-order valence-electron chi connectivity index (χ2n) is 11.1. The number of hydrogen-bond acceptors (Lipinski definition) is 6. The first-order valence-corrected chi connectivity index (χ1v) is 17.6. The zero-order chi connectivity index (χ0) is 36.1. The molecule has 0 fully saturated rings. The van der Waals surface area contributed by atoms with E-state index in [1.807, 2.05) is 0 Å². The number of ether oxygens (including phenoxy) is 2. The molecule has 10 nitrogen and oxygen atoms in total. The van der Waals surface area contributed by atoms with Gasteiger partial charge in [-0.3, -0.25) is 18.7 Å². The van der Waals surface area contributed by atoms with E-state index in [2.05, 4.69) is 0 Å². The van der Waals surface area contributed by atoms with Crippen molar-refractivity contribution >= 4 is 27.1 Å². The minimum absolute atomic E-state index is 0.0586. The molecular formula is C33H30F4O10P2. The van der Waals surface area contributed by atoms with Gasteiger partial charge in [0.05, 0.1) is 0 Å². The Morgan fingerprint density at radius 2 is 0.816 bits per heavy atom. The topological polar surface area (TPSA) is 168 Å². The fraction of sp³-hybridized carbons (Fsp3) is 0.212. The summed E-state index contributed by atoms with van der Waals surface area (Å²) in [5.41, 5.74) is -12.3. The van der Waals surface area contributed by atoms with Crippen molar-refractivity contribution in [3.05, 3.63) is 143 Å². The highest BCUT2D eigenvalue weighted by Gasteiger charge is 2.52. The zero-order valence-corrected chi connectivity index (χ0v) is 27.2. The highest BCUT2D eigenvalue weighted by Crippen LogP contribution is 2.60. The molecule has 0 radical (unpaired) electrons. The fourth-order valence-corrected chi connectivity index (χ4v) is 5.81. The van der Waals surface area contributed by atoms with Crippen molar-refractivity contribution in [2.24, 2.45) is 5.41 Å². The Bertz CT molecular complexity index is 1710. The van der Waals surface area contributed by atoms with Crippen molar-refractivity contribution < 1.29 is 65.3 Å². The van der Waals surface area contributed by atoms with E-state index in [0.717, 1.165) is 48.5 Å². The van der Waals surface area contributed by atoms with E-state index in [-0.39, 0.29) is 24.3 Å². The lowest BCUT2D eigenvalue weighted by atomic mass is 9.76. The summed E-state index contributed by atoms with van der Waals surface area (Å²) < 4.78 is 91.4. The minimum atomic E-state index is -5.91. The van der Waals surface area contributed by atoms with Crippen molar-refractivity contribution in [3.8, 4) is 0 Å². The summed E-state index contributed by atoms with van der Waals surface area (Å²) in [5.74, 6) is -2.27. The highest BCUT2D eigenvalue weighted by molar-refractivity contribution is 7.52. The summed E-state index contributed by atoms with van der Waals surface area (Å²) in [5, 5.41) is 0. The second kappa shape index (κ2) is 14.8. The molecule has 4 rings (SSSR count). The second-order valence-corrected chi connectivity index (χ2v) is 14.4. The van der Waals surface area contributed by atoms with E-state index in [4.69, 9.17) is 29.0 Å². The molecule has 0 heterocycles. The molecule has 0 atom stereocenters. The summed E-state index contributed by atoms with van der Waals surface area (Å²) in [6, 6.07) is 23.7. The SMILES string of the molecule is O=C(OCc1ccccc1)C(Cc1ccc(C(F)(F)P(=O)(O)O)cc1)(Cc1ccc(C(F)(F)P(=O)(O)O)cc1)C(=O)OCc1ccccc1. The lowest BCUT2D eigenvalue weighted by Gasteiger charge is -2.30. The van der Waals surface area contributed by atoms with E-state index < -0.39 is 67.8 Å². The summed E-state index contributed by atoms with van der Waals surface area (Å²) in [4.78, 5) is 64.6. The van der Waals surface area contributed by atoms with Crippen LogP contribution in [0.25, 0.3) is 0 Å². The molecule has 0 aliphatic carbocycles. The van der Waals surface area contributed by atoms with Crippen LogP contribution in [0.3, 0.4) is 0 Å². The molecule has 4 N–H and O–H groups in total. The first-order chi connectivity index (χ1) is 22.9. The van der Waals surface area contributed by atoms with Gasteiger partial charge in [-0.15, -0.1) is 0 Å². The third-order valence-corrected chi connectivity index (χ3v) is 9.53. The third kappa shape index (κ3) is 8.72. The van der Waals surface area contributed by atoms with Crippen molar-refractivity contribution in [1.82, 2.24) is 0 Å². The van der Waals surface area contributed by atoms with Gasteiger partial charge in [0.15, 0.2) is 5.41 Å². The number of benzene rings is 4. The van der Waals surface area contributed by atoms with Crippen LogP contribution in [-0.4, -0.2) is 31.5 Å². The maximum Gasteiger partial charge on any atom is 0.399 e. The third-order valence-electron chi connectivity index (χ3n) is 7.55. The van der Waals surface area contributed by atoms with Crippen LogP contribution >= 0.6 is 15.2 Å². The summed E-state index contributed by atoms with van der Waals surface area (Å²) in [7, 11) is -11.8. The average Bonchev–Trinajstić information content (AvgIpc) is 3.06. The maximum absolute atomic E-state index is 14.4. The van der Waals surface area contributed by atoms with Gasteiger partial charge < -0.3 is 29.0 Å². The van der Waals surface area contributed by atoms with E-state index in [1.165, 1.54) is 0 Å². The lowest BCUT2D eigenvalue weighted by molar-refractivity contribution is -0.174.